The van der Waals surface area contributed by atoms with E-state index >= 15 is 0 Å². The summed E-state index contributed by atoms with van der Waals surface area (Å²) in [6.07, 6.45) is 3.17. The molecule has 1 aliphatic rings. The molecule has 4 nitrogen and oxygen atoms in total. The molecule has 1 fully saturated rings. The van der Waals surface area contributed by atoms with E-state index in [0.717, 1.165) is 30.6 Å². The molecule has 0 N–H and O–H groups in total. The third-order valence-electron chi connectivity index (χ3n) is 4.83. The zero-order chi connectivity index (χ0) is 18.6. The molecule has 2 atom stereocenters. The van der Waals surface area contributed by atoms with Crippen molar-refractivity contribution >= 4 is 10.0 Å². The van der Waals surface area contributed by atoms with Gasteiger partial charge >= 0.3 is 0 Å². The van der Waals surface area contributed by atoms with Crippen molar-refractivity contribution in [1.82, 2.24) is 4.31 Å². The van der Waals surface area contributed by atoms with Gasteiger partial charge in [0, 0.05) is 13.1 Å². The Kier molecular flexibility index (Phi) is 6.92. The first-order chi connectivity index (χ1) is 11.8. The highest BCUT2D eigenvalue weighted by atomic mass is 32.2. The normalized spacial score (nSPS) is 22.3. The third kappa shape index (κ3) is 4.98. The van der Waals surface area contributed by atoms with Crippen LogP contribution < -0.4 is 4.74 Å². The van der Waals surface area contributed by atoms with Crippen LogP contribution in [0.2, 0.25) is 0 Å². The Labute approximate surface area is 153 Å². The number of hydrogen-bond acceptors (Lipinski definition) is 3. The Morgan fingerprint density at radius 1 is 1.20 bits per heavy atom. The zero-order valence-electron chi connectivity index (χ0n) is 16.3. The predicted molar refractivity (Wildman–Crippen MR) is 103 cm³/mol. The standard InChI is InChI=1S/C20H33NO3S/c1-6-7-10-24-20-9-8-18(12-19(20)15(2)3)25(22,23)21-13-16(4)11-17(5)14-21/h8-9,12,15-17H,6-7,10-11,13-14H2,1-5H3/t16-,17+. The lowest BCUT2D eigenvalue weighted by molar-refractivity contribution is 0.222. The second-order valence-electron chi connectivity index (χ2n) is 7.82. The van der Waals surface area contributed by atoms with Crippen LogP contribution in [0.3, 0.4) is 0 Å². The number of unbranched alkanes of at least 4 members (excludes halogenated alkanes) is 1. The molecule has 1 saturated heterocycles. The van der Waals surface area contributed by atoms with Crippen molar-refractivity contribution in [2.75, 3.05) is 19.7 Å². The third-order valence-corrected chi connectivity index (χ3v) is 6.66. The predicted octanol–water partition coefficient (Wildman–Crippen LogP) is 4.66. The summed E-state index contributed by atoms with van der Waals surface area (Å²) in [4.78, 5) is 0.389. The minimum Gasteiger partial charge on any atom is -0.493 e. The summed E-state index contributed by atoms with van der Waals surface area (Å²) in [7, 11) is -3.45. The van der Waals surface area contributed by atoms with E-state index in [2.05, 4.69) is 34.6 Å². The van der Waals surface area contributed by atoms with Crippen LogP contribution in [0, 0.1) is 11.8 Å². The smallest absolute Gasteiger partial charge is 0.243 e. The molecule has 1 aromatic rings. The molecule has 0 aliphatic carbocycles. The molecule has 25 heavy (non-hydrogen) atoms. The molecule has 0 saturated carbocycles. The van der Waals surface area contributed by atoms with Gasteiger partial charge in [0.05, 0.1) is 11.5 Å². The summed E-state index contributed by atoms with van der Waals surface area (Å²) in [6.45, 7) is 12.4. The summed E-state index contributed by atoms with van der Waals surface area (Å²) >= 11 is 0. The fourth-order valence-corrected chi connectivity index (χ4v) is 5.26. The van der Waals surface area contributed by atoms with E-state index in [-0.39, 0.29) is 5.92 Å². The first kappa shape index (κ1) is 20.2. The molecule has 0 radical (unpaired) electrons. The van der Waals surface area contributed by atoms with Gasteiger partial charge in [0.15, 0.2) is 0 Å². The van der Waals surface area contributed by atoms with Gasteiger partial charge < -0.3 is 4.74 Å². The number of nitrogens with zero attached hydrogens (tertiary/aromatic N) is 1. The molecular formula is C20H33NO3S. The van der Waals surface area contributed by atoms with Crippen molar-refractivity contribution in [2.24, 2.45) is 11.8 Å². The number of piperidine rings is 1. The van der Waals surface area contributed by atoms with Crippen molar-refractivity contribution in [2.45, 2.75) is 64.7 Å². The highest BCUT2D eigenvalue weighted by Gasteiger charge is 2.32. The van der Waals surface area contributed by atoms with E-state index in [4.69, 9.17) is 4.74 Å². The lowest BCUT2D eigenvalue weighted by Crippen LogP contribution is -2.42. The molecule has 0 bridgehead atoms. The van der Waals surface area contributed by atoms with Gasteiger partial charge in [0.25, 0.3) is 0 Å². The first-order valence-corrected chi connectivity index (χ1v) is 11.0. The van der Waals surface area contributed by atoms with Crippen LogP contribution in [0.15, 0.2) is 23.1 Å². The molecule has 2 rings (SSSR count). The summed E-state index contributed by atoms with van der Waals surface area (Å²) in [5, 5.41) is 0. The molecule has 0 amide bonds. The Bertz CT molecular complexity index is 660. The number of sulfonamides is 1. The quantitative estimate of drug-likeness (QED) is 0.659. The maximum absolute atomic E-state index is 13.1. The maximum Gasteiger partial charge on any atom is 0.243 e. The molecular weight excluding hydrogens is 334 g/mol. The SMILES string of the molecule is CCCCOc1ccc(S(=O)(=O)N2C[C@H](C)C[C@H](C)C2)cc1C(C)C. The molecule has 1 aliphatic heterocycles. The van der Waals surface area contributed by atoms with Crippen molar-refractivity contribution in [1.29, 1.82) is 0 Å². The highest BCUT2D eigenvalue weighted by molar-refractivity contribution is 7.89. The van der Waals surface area contributed by atoms with Gasteiger partial charge in [-0.2, -0.15) is 4.31 Å². The first-order valence-electron chi connectivity index (χ1n) is 9.52. The molecule has 142 valence electrons. The lowest BCUT2D eigenvalue weighted by Gasteiger charge is -2.34. The Morgan fingerprint density at radius 3 is 2.40 bits per heavy atom. The van der Waals surface area contributed by atoms with Gasteiger partial charge in [-0.15, -0.1) is 0 Å². The minimum atomic E-state index is -3.45. The van der Waals surface area contributed by atoms with Crippen LogP contribution in [-0.4, -0.2) is 32.4 Å². The van der Waals surface area contributed by atoms with Gasteiger partial charge in [-0.25, -0.2) is 8.42 Å². The Hall–Kier alpha value is -1.07. The largest absolute Gasteiger partial charge is 0.493 e. The second kappa shape index (κ2) is 8.54. The second-order valence-corrected chi connectivity index (χ2v) is 9.76. The molecule has 1 heterocycles. The zero-order valence-corrected chi connectivity index (χ0v) is 17.1. The summed E-state index contributed by atoms with van der Waals surface area (Å²) in [5.74, 6) is 1.83. The molecule has 5 heteroatoms. The van der Waals surface area contributed by atoms with Crippen LogP contribution >= 0.6 is 0 Å². The number of hydrogen-bond donors (Lipinski definition) is 0. The van der Waals surface area contributed by atoms with E-state index in [1.54, 1.807) is 10.4 Å². The summed E-state index contributed by atoms with van der Waals surface area (Å²) in [5.41, 5.74) is 0.968. The average Bonchev–Trinajstić information content (AvgIpc) is 2.54. The van der Waals surface area contributed by atoms with Crippen LogP contribution in [0.25, 0.3) is 0 Å². The van der Waals surface area contributed by atoms with Gasteiger partial charge in [0.1, 0.15) is 5.75 Å². The Balaban J connectivity index is 2.30. The van der Waals surface area contributed by atoms with E-state index in [1.165, 1.54) is 0 Å². The lowest BCUT2D eigenvalue weighted by atomic mass is 9.94. The molecule has 0 unspecified atom stereocenters. The highest BCUT2D eigenvalue weighted by Crippen LogP contribution is 2.32. The van der Waals surface area contributed by atoms with Crippen LogP contribution in [-0.2, 0) is 10.0 Å². The number of ether oxygens (including phenoxy) is 1. The van der Waals surface area contributed by atoms with Crippen LogP contribution in [0.5, 0.6) is 5.75 Å². The van der Waals surface area contributed by atoms with Gasteiger partial charge in [-0.05, 0) is 54.4 Å². The van der Waals surface area contributed by atoms with E-state index in [1.807, 2.05) is 12.1 Å². The molecule has 0 aromatic heterocycles. The van der Waals surface area contributed by atoms with Gasteiger partial charge in [0.2, 0.25) is 10.0 Å². The van der Waals surface area contributed by atoms with E-state index in [0.29, 0.717) is 36.4 Å². The fraction of sp³-hybridized carbons (Fsp3) is 0.700. The fourth-order valence-electron chi connectivity index (χ4n) is 3.55. The van der Waals surface area contributed by atoms with Crippen molar-refractivity contribution in [3.05, 3.63) is 23.8 Å². The minimum absolute atomic E-state index is 0.214. The van der Waals surface area contributed by atoms with Crippen molar-refractivity contribution in [3.8, 4) is 5.75 Å². The van der Waals surface area contributed by atoms with Crippen LogP contribution in [0.4, 0.5) is 0 Å². The van der Waals surface area contributed by atoms with E-state index < -0.39 is 10.0 Å². The summed E-state index contributed by atoms with van der Waals surface area (Å²) in [6, 6.07) is 5.34. The van der Waals surface area contributed by atoms with E-state index in [9.17, 15) is 8.42 Å². The average molecular weight is 368 g/mol. The van der Waals surface area contributed by atoms with Crippen molar-refractivity contribution < 1.29 is 13.2 Å². The monoisotopic (exact) mass is 367 g/mol. The number of rotatable bonds is 7. The molecule has 1 aromatic carbocycles. The Morgan fingerprint density at radius 2 is 1.84 bits per heavy atom. The van der Waals surface area contributed by atoms with Crippen molar-refractivity contribution in [3.63, 3.8) is 0 Å². The van der Waals surface area contributed by atoms with Gasteiger partial charge in [-0.1, -0.05) is 41.0 Å². The maximum atomic E-state index is 13.1. The van der Waals surface area contributed by atoms with Gasteiger partial charge in [-0.3, -0.25) is 0 Å². The summed E-state index contributed by atoms with van der Waals surface area (Å²) < 4.78 is 33.8. The van der Waals surface area contributed by atoms with Crippen LogP contribution in [0.1, 0.15) is 65.4 Å². The molecule has 0 spiro atoms. The topological polar surface area (TPSA) is 46.6 Å². The number of benzene rings is 1.